The van der Waals surface area contributed by atoms with Gasteiger partial charge in [0.2, 0.25) is 0 Å². The van der Waals surface area contributed by atoms with Crippen molar-refractivity contribution in [3.05, 3.63) is 22.7 Å². The van der Waals surface area contributed by atoms with Gasteiger partial charge in [-0.25, -0.2) is 0 Å². The first-order valence-corrected chi connectivity index (χ1v) is 7.68. The van der Waals surface area contributed by atoms with Gasteiger partial charge < -0.3 is 25.3 Å². The van der Waals surface area contributed by atoms with Gasteiger partial charge in [-0.15, -0.1) is 0 Å². The zero-order valence-electron chi connectivity index (χ0n) is 12.6. The highest BCUT2D eigenvalue weighted by molar-refractivity contribution is 6.32. The van der Waals surface area contributed by atoms with Gasteiger partial charge in [-0.3, -0.25) is 4.79 Å². The highest BCUT2D eigenvalue weighted by Gasteiger charge is 2.18. The van der Waals surface area contributed by atoms with E-state index < -0.39 is 5.91 Å². The molecule has 6 nitrogen and oxygen atoms in total. The number of primary amides is 1. The fraction of sp³-hybridized carbons (Fsp3) is 0.533. The molecule has 1 amide bonds. The average Bonchev–Trinajstić information content (AvgIpc) is 2.98. The minimum atomic E-state index is -0.563. The Labute approximate surface area is 134 Å². The molecule has 4 N–H and O–H groups in total. The number of carbonyl (C=O) groups is 1. The maximum Gasteiger partial charge on any atom is 0.255 e. The molecule has 1 atom stereocenters. The lowest BCUT2D eigenvalue weighted by Crippen LogP contribution is -2.84. The van der Waals surface area contributed by atoms with Crippen molar-refractivity contribution in [2.45, 2.75) is 25.5 Å². The molecule has 0 aromatic heterocycles. The summed E-state index contributed by atoms with van der Waals surface area (Å²) >= 11 is 6.21. The first-order valence-electron chi connectivity index (χ1n) is 7.31. The van der Waals surface area contributed by atoms with Crippen LogP contribution >= 0.6 is 11.6 Å². The Bertz CT molecular complexity index is 519. The Kier molecular flexibility index (Phi) is 6.30. The molecule has 1 fully saturated rings. The molecular formula is C15H22ClN2O4+. The third-order valence-corrected chi connectivity index (χ3v) is 3.76. The number of quaternary nitrogens is 1. The molecule has 1 saturated heterocycles. The van der Waals surface area contributed by atoms with E-state index in [1.807, 2.05) is 12.1 Å². The Balaban J connectivity index is 1.96. The summed E-state index contributed by atoms with van der Waals surface area (Å²) in [6.45, 7) is 2.33. The zero-order valence-corrected chi connectivity index (χ0v) is 13.4. The van der Waals surface area contributed by atoms with Crippen molar-refractivity contribution in [2.75, 3.05) is 26.9 Å². The van der Waals surface area contributed by atoms with E-state index in [2.05, 4.69) is 5.32 Å². The molecule has 2 rings (SSSR count). The van der Waals surface area contributed by atoms with Crippen LogP contribution in [0.4, 0.5) is 0 Å². The van der Waals surface area contributed by atoms with Crippen LogP contribution in [-0.4, -0.2) is 38.9 Å². The summed E-state index contributed by atoms with van der Waals surface area (Å²) in [7, 11) is 1.53. The third kappa shape index (κ3) is 4.76. The molecule has 1 aliphatic rings. The monoisotopic (exact) mass is 329 g/mol. The second-order valence-corrected chi connectivity index (χ2v) is 5.63. The van der Waals surface area contributed by atoms with Crippen LogP contribution in [-0.2, 0) is 16.1 Å². The van der Waals surface area contributed by atoms with Crippen molar-refractivity contribution >= 4 is 17.5 Å². The van der Waals surface area contributed by atoms with E-state index in [-0.39, 0.29) is 6.61 Å². The minimum Gasteiger partial charge on any atom is -0.493 e. The number of ether oxygens (including phenoxy) is 3. The van der Waals surface area contributed by atoms with Crippen molar-refractivity contribution in [1.82, 2.24) is 0 Å². The molecule has 0 bridgehead atoms. The summed E-state index contributed by atoms with van der Waals surface area (Å²) in [4.78, 5) is 10.8. The van der Waals surface area contributed by atoms with E-state index in [1.165, 1.54) is 7.11 Å². The molecule has 0 spiro atoms. The van der Waals surface area contributed by atoms with Crippen molar-refractivity contribution < 1.29 is 24.3 Å². The van der Waals surface area contributed by atoms with Gasteiger partial charge in [-0.2, -0.15) is 0 Å². The van der Waals surface area contributed by atoms with Crippen LogP contribution in [0.2, 0.25) is 5.02 Å². The Morgan fingerprint density at radius 2 is 2.36 bits per heavy atom. The standard InChI is InChI=1S/C15H21ClN2O4/c1-20-13-6-10(7-18-8-11-3-2-4-21-11)5-12(16)15(13)22-9-14(17)19/h5-6,11,18H,2-4,7-9H2,1H3,(H2,17,19)/p+1/t11-/m0/s1. The van der Waals surface area contributed by atoms with Crippen molar-refractivity contribution in [2.24, 2.45) is 5.73 Å². The maximum atomic E-state index is 10.8. The van der Waals surface area contributed by atoms with E-state index in [9.17, 15) is 4.79 Å². The van der Waals surface area contributed by atoms with Crippen LogP contribution in [0.1, 0.15) is 18.4 Å². The number of hydrogen-bond donors (Lipinski definition) is 2. The lowest BCUT2D eigenvalue weighted by atomic mass is 10.2. The molecule has 22 heavy (non-hydrogen) atoms. The van der Waals surface area contributed by atoms with Gasteiger partial charge in [0.15, 0.2) is 18.1 Å². The fourth-order valence-electron chi connectivity index (χ4n) is 2.44. The van der Waals surface area contributed by atoms with Crippen molar-refractivity contribution in [3.63, 3.8) is 0 Å². The smallest absolute Gasteiger partial charge is 0.255 e. The largest absolute Gasteiger partial charge is 0.493 e. The van der Waals surface area contributed by atoms with Crippen LogP contribution in [0.5, 0.6) is 11.5 Å². The lowest BCUT2D eigenvalue weighted by Gasteiger charge is -2.13. The molecule has 122 valence electrons. The normalized spacial score (nSPS) is 17.5. The predicted octanol–water partition coefficient (Wildman–Crippen LogP) is 0.455. The summed E-state index contributed by atoms with van der Waals surface area (Å²) in [5.74, 6) is 0.271. The van der Waals surface area contributed by atoms with E-state index in [0.29, 0.717) is 22.6 Å². The van der Waals surface area contributed by atoms with Gasteiger partial charge in [-0.1, -0.05) is 11.6 Å². The summed E-state index contributed by atoms with van der Waals surface area (Å²) in [6.07, 6.45) is 2.61. The number of amides is 1. The molecule has 0 saturated carbocycles. The second-order valence-electron chi connectivity index (χ2n) is 5.23. The van der Waals surface area contributed by atoms with Gasteiger partial charge in [0, 0.05) is 12.2 Å². The van der Waals surface area contributed by atoms with Crippen molar-refractivity contribution in [1.29, 1.82) is 0 Å². The van der Waals surface area contributed by atoms with Gasteiger partial charge >= 0.3 is 0 Å². The van der Waals surface area contributed by atoms with Crippen LogP contribution in [0.25, 0.3) is 0 Å². The highest BCUT2D eigenvalue weighted by atomic mass is 35.5. The number of halogens is 1. The molecule has 0 radical (unpaired) electrons. The lowest BCUT2D eigenvalue weighted by molar-refractivity contribution is -0.676. The van der Waals surface area contributed by atoms with Gasteiger partial charge in [0.1, 0.15) is 19.2 Å². The quantitative estimate of drug-likeness (QED) is 0.725. The second kappa shape index (κ2) is 8.22. The molecule has 1 aromatic rings. The Hall–Kier alpha value is -1.50. The van der Waals surface area contributed by atoms with E-state index in [0.717, 1.165) is 38.1 Å². The zero-order chi connectivity index (χ0) is 15.9. The molecule has 0 aliphatic carbocycles. The maximum absolute atomic E-state index is 10.8. The van der Waals surface area contributed by atoms with E-state index in [1.54, 1.807) is 0 Å². The van der Waals surface area contributed by atoms with Crippen LogP contribution in [0, 0.1) is 0 Å². The van der Waals surface area contributed by atoms with E-state index >= 15 is 0 Å². The van der Waals surface area contributed by atoms with Gasteiger partial charge in [-0.05, 0) is 25.0 Å². The molecule has 7 heteroatoms. The summed E-state index contributed by atoms with van der Waals surface area (Å²) in [6, 6.07) is 3.67. The van der Waals surface area contributed by atoms with Crippen LogP contribution in [0.3, 0.4) is 0 Å². The fourth-order valence-corrected chi connectivity index (χ4v) is 2.73. The molecule has 1 aliphatic heterocycles. The molecule has 1 heterocycles. The number of nitrogens with two attached hydrogens (primary N) is 2. The SMILES string of the molecule is COc1cc(C[NH2+]C[C@@H]2CCCO2)cc(Cl)c1OCC(N)=O. The molecule has 1 aromatic carbocycles. The molecule has 0 unspecified atom stereocenters. The first-order chi connectivity index (χ1) is 10.6. The summed E-state index contributed by atoms with van der Waals surface area (Å²) < 4.78 is 16.2. The van der Waals surface area contributed by atoms with Crippen LogP contribution < -0.4 is 20.5 Å². The number of rotatable bonds is 8. The Morgan fingerprint density at radius 3 is 3.00 bits per heavy atom. The summed E-state index contributed by atoms with van der Waals surface area (Å²) in [5.41, 5.74) is 6.09. The highest BCUT2D eigenvalue weighted by Crippen LogP contribution is 2.36. The molecular weight excluding hydrogens is 308 g/mol. The number of hydrogen-bond acceptors (Lipinski definition) is 4. The van der Waals surface area contributed by atoms with Gasteiger partial charge in [0.25, 0.3) is 5.91 Å². The summed E-state index contributed by atoms with van der Waals surface area (Å²) in [5, 5.41) is 2.59. The minimum absolute atomic E-state index is 0.236. The topological polar surface area (TPSA) is 87.4 Å². The van der Waals surface area contributed by atoms with E-state index in [4.69, 9.17) is 31.5 Å². The Morgan fingerprint density at radius 1 is 1.55 bits per heavy atom. The van der Waals surface area contributed by atoms with Crippen molar-refractivity contribution in [3.8, 4) is 11.5 Å². The third-order valence-electron chi connectivity index (χ3n) is 3.48. The first kappa shape index (κ1) is 16.9. The number of methoxy groups -OCH3 is 1. The van der Waals surface area contributed by atoms with Gasteiger partial charge in [0.05, 0.1) is 12.1 Å². The predicted molar refractivity (Wildman–Crippen MR) is 82.2 cm³/mol. The average molecular weight is 330 g/mol. The number of benzene rings is 1. The van der Waals surface area contributed by atoms with Crippen LogP contribution in [0.15, 0.2) is 12.1 Å². The number of carbonyl (C=O) groups excluding carboxylic acids is 1.